The Morgan fingerprint density at radius 3 is 3.00 bits per heavy atom. The Bertz CT molecular complexity index is 378. The molecule has 0 aromatic heterocycles. The van der Waals surface area contributed by atoms with E-state index in [-0.39, 0.29) is 5.78 Å². The molecule has 0 fully saturated rings. The fraction of sp³-hybridized carbons (Fsp3) is 0.182. The Hall–Kier alpha value is -1.57. The lowest BCUT2D eigenvalue weighted by Gasteiger charge is -2.10. The summed E-state index contributed by atoms with van der Waals surface area (Å²) in [6, 6.07) is 5.61. The zero-order valence-electron chi connectivity index (χ0n) is 7.41. The molecule has 0 N–H and O–H groups in total. The van der Waals surface area contributed by atoms with E-state index in [4.69, 9.17) is 4.74 Å². The molecular weight excluding hydrogens is 164 g/mol. The molecule has 0 saturated heterocycles. The largest absolute Gasteiger partial charge is 0.497 e. The number of carbonyl (C=O) groups excluding carboxylic acids is 1. The number of ketones is 1. The monoisotopic (exact) mass is 174 g/mol. The quantitative estimate of drug-likeness (QED) is 0.650. The van der Waals surface area contributed by atoms with Crippen LogP contribution >= 0.6 is 0 Å². The summed E-state index contributed by atoms with van der Waals surface area (Å²) >= 11 is 0. The van der Waals surface area contributed by atoms with Crippen molar-refractivity contribution in [3.63, 3.8) is 0 Å². The second-order valence-corrected chi connectivity index (χ2v) is 2.99. The van der Waals surface area contributed by atoms with Crippen LogP contribution in [0.5, 0.6) is 5.75 Å². The molecular formula is C11H10O2. The van der Waals surface area contributed by atoms with Gasteiger partial charge in [-0.2, -0.15) is 0 Å². The highest BCUT2D eigenvalue weighted by Gasteiger charge is 2.12. The van der Waals surface area contributed by atoms with Gasteiger partial charge in [0.2, 0.25) is 0 Å². The molecule has 13 heavy (non-hydrogen) atoms. The number of rotatable bonds is 1. The van der Waals surface area contributed by atoms with Crippen LogP contribution in [0.3, 0.4) is 0 Å². The highest BCUT2D eigenvalue weighted by Crippen LogP contribution is 2.21. The summed E-state index contributed by atoms with van der Waals surface area (Å²) in [5.41, 5.74) is 1.84. The molecule has 0 amide bonds. The lowest BCUT2D eigenvalue weighted by molar-refractivity contribution is 0.104. The second-order valence-electron chi connectivity index (χ2n) is 2.99. The molecule has 2 nitrogen and oxygen atoms in total. The van der Waals surface area contributed by atoms with Gasteiger partial charge in [-0.15, -0.1) is 0 Å². The van der Waals surface area contributed by atoms with Crippen molar-refractivity contribution < 1.29 is 9.53 Å². The Morgan fingerprint density at radius 1 is 1.38 bits per heavy atom. The van der Waals surface area contributed by atoms with Crippen molar-refractivity contribution in [1.29, 1.82) is 0 Å². The molecule has 0 radical (unpaired) electrons. The first-order chi connectivity index (χ1) is 6.31. The summed E-state index contributed by atoms with van der Waals surface area (Å²) < 4.78 is 5.05. The summed E-state index contributed by atoms with van der Waals surface area (Å²) in [5, 5.41) is 0. The molecule has 1 aromatic carbocycles. The van der Waals surface area contributed by atoms with Crippen molar-refractivity contribution in [1.82, 2.24) is 0 Å². The molecule has 0 saturated carbocycles. The molecule has 0 bridgehead atoms. The molecule has 0 atom stereocenters. The van der Waals surface area contributed by atoms with Crippen LogP contribution in [-0.4, -0.2) is 12.9 Å². The minimum Gasteiger partial charge on any atom is -0.497 e. The van der Waals surface area contributed by atoms with E-state index in [9.17, 15) is 4.79 Å². The van der Waals surface area contributed by atoms with Crippen molar-refractivity contribution >= 4 is 5.78 Å². The third-order valence-electron chi connectivity index (χ3n) is 2.19. The maximum Gasteiger partial charge on any atom is 0.185 e. The van der Waals surface area contributed by atoms with Gasteiger partial charge in [-0.3, -0.25) is 4.79 Å². The Morgan fingerprint density at radius 2 is 2.23 bits per heavy atom. The van der Waals surface area contributed by atoms with Crippen molar-refractivity contribution in [2.75, 3.05) is 7.11 Å². The van der Waals surface area contributed by atoms with Crippen molar-refractivity contribution in [2.24, 2.45) is 0 Å². The number of ether oxygens (including phenoxy) is 1. The molecule has 1 aliphatic carbocycles. The number of hydrogen-bond donors (Lipinski definition) is 0. The average molecular weight is 174 g/mol. The molecule has 66 valence electrons. The fourth-order valence-electron chi connectivity index (χ4n) is 1.47. The fourth-order valence-corrected chi connectivity index (χ4v) is 1.47. The number of fused-ring (bicyclic) bond motifs is 1. The van der Waals surface area contributed by atoms with Crippen LogP contribution in [0.15, 0.2) is 30.4 Å². The Balaban J connectivity index is 2.51. The van der Waals surface area contributed by atoms with E-state index >= 15 is 0 Å². The van der Waals surface area contributed by atoms with Gasteiger partial charge in [0.05, 0.1) is 7.11 Å². The molecule has 0 heterocycles. The zero-order chi connectivity index (χ0) is 9.26. The summed E-state index contributed by atoms with van der Waals surface area (Å²) in [6.07, 6.45) is 4.34. The molecule has 0 unspecified atom stereocenters. The minimum atomic E-state index is 0.0696. The van der Waals surface area contributed by atoms with Gasteiger partial charge in [0.1, 0.15) is 5.75 Å². The van der Waals surface area contributed by atoms with Gasteiger partial charge in [0.15, 0.2) is 5.78 Å². The Kier molecular flexibility index (Phi) is 1.89. The molecule has 0 aliphatic heterocycles. The topological polar surface area (TPSA) is 26.3 Å². The molecule has 2 rings (SSSR count). The normalized spacial score (nSPS) is 14.1. The number of methoxy groups -OCH3 is 1. The van der Waals surface area contributed by atoms with Gasteiger partial charge in [-0.25, -0.2) is 0 Å². The van der Waals surface area contributed by atoms with Gasteiger partial charge in [0.25, 0.3) is 0 Å². The second kappa shape index (κ2) is 3.05. The van der Waals surface area contributed by atoms with Crippen LogP contribution in [0, 0.1) is 0 Å². The van der Waals surface area contributed by atoms with Crippen LogP contribution in [0.2, 0.25) is 0 Å². The number of carbonyl (C=O) groups is 1. The van der Waals surface area contributed by atoms with Crippen molar-refractivity contribution in [3.05, 3.63) is 41.5 Å². The zero-order valence-corrected chi connectivity index (χ0v) is 7.41. The predicted molar refractivity (Wildman–Crippen MR) is 50.2 cm³/mol. The van der Waals surface area contributed by atoms with Crippen molar-refractivity contribution in [3.8, 4) is 5.75 Å². The van der Waals surface area contributed by atoms with Crippen molar-refractivity contribution in [2.45, 2.75) is 6.42 Å². The number of hydrogen-bond acceptors (Lipinski definition) is 2. The lowest BCUT2D eigenvalue weighted by Crippen LogP contribution is -2.05. The Labute approximate surface area is 76.8 Å². The summed E-state index contributed by atoms with van der Waals surface area (Å²) in [7, 11) is 1.60. The molecule has 1 aromatic rings. The lowest BCUT2D eigenvalue weighted by atomic mass is 9.96. The van der Waals surface area contributed by atoms with E-state index in [1.165, 1.54) is 0 Å². The third kappa shape index (κ3) is 1.35. The van der Waals surface area contributed by atoms with Gasteiger partial charge < -0.3 is 4.74 Å². The van der Waals surface area contributed by atoms with Gasteiger partial charge in [-0.1, -0.05) is 12.1 Å². The third-order valence-corrected chi connectivity index (χ3v) is 2.19. The van der Waals surface area contributed by atoms with Crippen LogP contribution < -0.4 is 4.74 Å². The summed E-state index contributed by atoms with van der Waals surface area (Å²) in [6.45, 7) is 0. The number of benzene rings is 1. The first-order valence-corrected chi connectivity index (χ1v) is 4.19. The predicted octanol–water partition coefficient (Wildman–Crippen LogP) is 1.99. The minimum absolute atomic E-state index is 0.0696. The average Bonchev–Trinajstić information content (AvgIpc) is 2.18. The van der Waals surface area contributed by atoms with Gasteiger partial charge in [-0.05, 0) is 30.2 Å². The van der Waals surface area contributed by atoms with Crippen LogP contribution in [-0.2, 0) is 6.42 Å². The van der Waals surface area contributed by atoms with E-state index in [2.05, 4.69) is 0 Å². The standard InChI is InChI=1S/C11H10O2/c1-13-9-6-5-8-3-2-4-11(12)10(8)7-9/h2,4-7H,3H2,1H3. The maximum atomic E-state index is 11.4. The highest BCUT2D eigenvalue weighted by molar-refractivity contribution is 6.06. The van der Waals surface area contributed by atoms with E-state index < -0.39 is 0 Å². The first-order valence-electron chi connectivity index (χ1n) is 4.19. The van der Waals surface area contributed by atoms with E-state index in [1.807, 2.05) is 18.2 Å². The highest BCUT2D eigenvalue weighted by atomic mass is 16.5. The summed E-state index contributed by atoms with van der Waals surface area (Å²) in [4.78, 5) is 11.4. The van der Waals surface area contributed by atoms with Crippen LogP contribution in [0.4, 0.5) is 0 Å². The van der Waals surface area contributed by atoms with Crippen LogP contribution in [0.1, 0.15) is 15.9 Å². The summed E-state index contributed by atoms with van der Waals surface area (Å²) in [5.74, 6) is 0.808. The molecule has 0 spiro atoms. The maximum absolute atomic E-state index is 11.4. The van der Waals surface area contributed by atoms with E-state index in [1.54, 1.807) is 19.3 Å². The smallest absolute Gasteiger partial charge is 0.185 e. The number of allylic oxidation sites excluding steroid dienone is 2. The van der Waals surface area contributed by atoms with Gasteiger partial charge in [0, 0.05) is 5.56 Å². The molecule has 2 heteroatoms. The van der Waals surface area contributed by atoms with Gasteiger partial charge >= 0.3 is 0 Å². The van der Waals surface area contributed by atoms with E-state index in [0.29, 0.717) is 0 Å². The van der Waals surface area contributed by atoms with Crippen LogP contribution in [0.25, 0.3) is 0 Å². The molecule has 1 aliphatic rings. The first kappa shape index (κ1) is 8.05. The van der Waals surface area contributed by atoms with E-state index in [0.717, 1.165) is 23.3 Å². The SMILES string of the molecule is COc1ccc2c(c1)C(=O)C=CC2.